The molecule has 0 amide bonds. The van der Waals surface area contributed by atoms with E-state index in [0.717, 1.165) is 25.9 Å². The molecule has 0 radical (unpaired) electrons. The van der Waals surface area contributed by atoms with Gasteiger partial charge < -0.3 is 4.74 Å². The van der Waals surface area contributed by atoms with Crippen molar-refractivity contribution in [1.29, 1.82) is 0 Å². The maximum Gasteiger partial charge on any atom is 0.315 e. The fourth-order valence-corrected chi connectivity index (χ4v) is 5.55. The molecule has 0 saturated carbocycles. The highest BCUT2D eigenvalue weighted by molar-refractivity contribution is 6.35. The number of Topliss-reactive ketones (excluding diaryl/α,β-unsaturated/α-hetero) is 2. The lowest BCUT2D eigenvalue weighted by molar-refractivity contribution is -0.147. The first-order valence-electron chi connectivity index (χ1n) is 12.3. The van der Waals surface area contributed by atoms with Gasteiger partial charge in [0.05, 0.1) is 0 Å². The van der Waals surface area contributed by atoms with Gasteiger partial charge in [0.2, 0.25) is 0 Å². The first-order chi connectivity index (χ1) is 17.1. The summed E-state index contributed by atoms with van der Waals surface area (Å²) < 4.78 is 5.83. The van der Waals surface area contributed by atoms with Crippen LogP contribution in [0, 0.1) is 0 Å². The van der Waals surface area contributed by atoms with E-state index in [0.29, 0.717) is 28.8 Å². The largest absolute Gasteiger partial charge is 0.464 e. The van der Waals surface area contributed by atoms with E-state index in [2.05, 4.69) is 4.90 Å². The highest BCUT2D eigenvalue weighted by atomic mass is 16.5. The van der Waals surface area contributed by atoms with Gasteiger partial charge >= 0.3 is 5.97 Å². The lowest BCUT2D eigenvalue weighted by atomic mass is 9.64. The molecular weight excluding hydrogens is 438 g/mol. The number of esters is 1. The summed E-state index contributed by atoms with van der Waals surface area (Å²) in [6, 6.07) is 24.9. The fourth-order valence-electron chi connectivity index (χ4n) is 5.55. The molecule has 2 aliphatic rings. The first kappa shape index (κ1) is 23.2. The molecule has 35 heavy (non-hydrogen) atoms. The summed E-state index contributed by atoms with van der Waals surface area (Å²) >= 11 is 0. The Morgan fingerprint density at radius 3 is 1.91 bits per heavy atom. The van der Waals surface area contributed by atoms with Gasteiger partial charge in [-0.3, -0.25) is 19.3 Å². The van der Waals surface area contributed by atoms with Gasteiger partial charge in [-0.05, 0) is 37.1 Å². The Kier molecular flexibility index (Phi) is 6.60. The van der Waals surface area contributed by atoms with Crippen LogP contribution in [0.5, 0.6) is 0 Å². The van der Waals surface area contributed by atoms with Crippen LogP contribution in [0.2, 0.25) is 0 Å². The van der Waals surface area contributed by atoms with Crippen molar-refractivity contribution in [2.45, 2.75) is 30.6 Å². The quantitative estimate of drug-likeness (QED) is 0.368. The van der Waals surface area contributed by atoms with Gasteiger partial charge in [-0.1, -0.05) is 91.3 Å². The Hall–Kier alpha value is -3.57. The summed E-state index contributed by atoms with van der Waals surface area (Å²) in [4.78, 5) is 44.4. The topological polar surface area (TPSA) is 63.7 Å². The number of rotatable bonds is 7. The first-order valence-corrected chi connectivity index (χ1v) is 12.3. The van der Waals surface area contributed by atoms with Crippen LogP contribution in [0.1, 0.15) is 57.0 Å². The lowest BCUT2D eigenvalue weighted by Gasteiger charge is -2.34. The predicted molar refractivity (Wildman–Crippen MR) is 134 cm³/mol. The molecule has 1 aliphatic heterocycles. The minimum absolute atomic E-state index is 0.225. The van der Waals surface area contributed by atoms with Crippen molar-refractivity contribution in [2.75, 3.05) is 26.2 Å². The zero-order valence-corrected chi connectivity index (χ0v) is 19.7. The molecule has 0 spiro atoms. The number of benzene rings is 3. The molecule has 0 bridgehead atoms. The van der Waals surface area contributed by atoms with Crippen molar-refractivity contribution in [3.8, 4) is 0 Å². The molecular formula is C30H29NO4. The molecule has 3 aromatic rings. The summed E-state index contributed by atoms with van der Waals surface area (Å²) in [6.45, 7) is 2.87. The second kappa shape index (κ2) is 9.96. The van der Waals surface area contributed by atoms with Gasteiger partial charge in [-0.15, -0.1) is 0 Å². The van der Waals surface area contributed by atoms with Gasteiger partial charge in [-0.25, -0.2) is 0 Å². The van der Waals surface area contributed by atoms with E-state index in [4.69, 9.17) is 4.74 Å². The third kappa shape index (κ3) is 4.10. The molecule has 5 rings (SSSR count). The van der Waals surface area contributed by atoms with E-state index in [1.165, 1.54) is 6.42 Å². The van der Waals surface area contributed by atoms with Gasteiger partial charge in [0.1, 0.15) is 17.9 Å². The van der Waals surface area contributed by atoms with Crippen LogP contribution in [-0.4, -0.2) is 48.7 Å². The number of nitrogens with zero attached hydrogens (tertiary/aromatic N) is 1. The number of piperidine rings is 1. The smallest absolute Gasteiger partial charge is 0.315 e. The SMILES string of the molecule is O=C(OCCN1CCCCC1)C(c1ccccc1)C1(c2ccccc2)C(=O)c2ccccc2C1=O. The number of ketones is 2. The van der Waals surface area contributed by atoms with Crippen LogP contribution in [0.4, 0.5) is 0 Å². The number of hydrogen-bond acceptors (Lipinski definition) is 5. The third-order valence-electron chi connectivity index (χ3n) is 7.26. The lowest BCUT2D eigenvalue weighted by Crippen LogP contribution is -2.48. The van der Waals surface area contributed by atoms with Crippen molar-refractivity contribution in [3.63, 3.8) is 0 Å². The maximum absolute atomic E-state index is 14.1. The van der Waals surface area contributed by atoms with Crippen LogP contribution >= 0.6 is 0 Å². The summed E-state index contributed by atoms with van der Waals surface area (Å²) in [5.41, 5.74) is 0.0859. The highest BCUT2D eigenvalue weighted by Gasteiger charge is 2.61. The van der Waals surface area contributed by atoms with Gasteiger partial charge in [-0.2, -0.15) is 0 Å². The summed E-state index contributed by atoms with van der Waals surface area (Å²) in [5, 5.41) is 0. The summed E-state index contributed by atoms with van der Waals surface area (Å²) in [5.74, 6) is -2.36. The molecule has 5 heteroatoms. The average molecular weight is 468 g/mol. The monoisotopic (exact) mass is 467 g/mol. The molecule has 5 nitrogen and oxygen atoms in total. The minimum atomic E-state index is -1.71. The van der Waals surface area contributed by atoms with E-state index >= 15 is 0 Å². The number of carbonyl (C=O) groups excluding carboxylic acids is 3. The molecule has 1 fully saturated rings. The van der Waals surface area contributed by atoms with Crippen LogP contribution in [0.3, 0.4) is 0 Å². The van der Waals surface area contributed by atoms with Gasteiger partial charge in [0.15, 0.2) is 11.6 Å². The Balaban J connectivity index is 1.58. The molecule has 1 unspecified atom stereocenters. The molecule has 1 atom stereocenters. The second-order valence-corrected chi connectivity index (χ2v) is 9.29. The van der Waals surface area contributed by atoms with E-state index < -0.39 is 17.3 Å². The molecule has 0 N–H and O–H groups in total. The fraction of sp³-hybridized carbons (Fsp3) is 0.300. The van der Waals surface area contributed by atoms with Crippen LogP contribution in [0.15, 0.2) is 84.9 Å². The molecule has 1 aliphatic carbocycles. The molecule has 178 valence electrons. The van der Waals surface area contributed by atoms with Crippen LogP contribution in [0.25, 0.3) is 0 Å². The van der Waals surface area contributed by atoms with E-state index in [-0.39, 0.29) is 18.2 Å². The Morgan fingerprint density at radius 1 is 0.771 bits per heavy atom. The van der Waals surface area contributed by atoms with E-state index in [1.807, 2.05) is 24.3 Å². The number of ether oxygens (including phenoxy) is 1. The minimum Gasteiger partial charge on any atom is -0.464 e. The third-order valence-corrected chi connectivity index (χ3v) is 7.26. The highest BCUT2D eigenvalue weighted by Crippen LogP contribution is 2.49. The van der Waals surface area contributed by atoms with Crippen molar-refractivity contribution in [3.05, 3.63) is 107 Å². The number of likely N-dealkylation sites (tertiary alicyclic amines) is 1. The van der Waals surface area contributed by atoms with E-state index in [9.17, 15) is 14.4 Å². The van der Waals surface area contributed by atoms with Crippen molar-refractivity contribution in [1.82, 2.24) is 4.90 Å². The Labute approximate surface area is 205 Å². The van der Waals surface area contributed by atoms with Gasteiger partial charge in [0.25, 0.3) is 0 Å². The standard InChI is InChI=1S/C30H29NO4/c32-27-24-16-8-9-17-25(24)28(33)30(27,23-14-6-2-7-15-23)26(22-12-4-1-5-13-22)29(34)35-21-20-31-18-10-3-11-19-31/h1-2,4-9,12-17,26H,3,10-11,18-21H2. The van der Waals surface area contributed by atoms with E-state index in [1.54, 1.807) is 60.7 Å². The van der Waals surface area contributed by atoms with Crippen molar-refractivity contribution in [2.24, 2.45) is 0 Å². The predicted octanol–water partition coefficient (Wildman–Crippen LogP) is 4.82. The summed E-state index contributed by atoms with van der Waals surface area (Å²) in [6.07, 6.45) is 3.54. The molecule has 3 aromatic carbocycles. The molecule has 1 heterocycles. The number of hydrogen-bond donors (Lipinski definition) is 0. The van der Waals surface area contributed by atoms with Crippen molar-refractivity contribution < 1.29 is 19.1 Å². The van der Waals surface area contributed by atoms with Gasteiger partial charge in [0, 0.05) is 17.7 Å². The number of carbonyl (C=O) groups is 3. The molecule has 1 saturated heterocycles. The number of fused-ring (bicyclic) bond motifs is 1. The Bertz CT molecular complexity index is 1180. The van der Waals surface area contributed by atoms with Crippen LogP contribution < -0.4 is 0 Å². The zero-order valence-electron chi connectivity index (χ0n) is 19.7. The summed E-state index contributed by atoms with van der Waals surface area (Å²) in [7, 11) is 0. The van der Waals surface area contributed by atoms with Crippen LogP contribution in [-0.2, 0) is 14.9 Å². The van der Waals surface area contributed by atoms with Crippen molar-refractivity contribution >= 4 is 17.5 Å². The molecule has 0 aromatic heterocycles. The average Bonchev–Trinajstić information content (AvgIpc) is 3.13. The Morgan fingerprint density at radius 2 is 1.31 bits per heavy atom. The zero-order chi connectivity index (χ0) is 24.3. The second-order valence-electron chi connectivity index (χ2n) is 9.29. The maximum atomic E-state index is 14.1. The normalized spacial score (nSPS) is 18.2.